The molecule has 0 aliphatic carbocycles. The molecule has 0 N–H and O–H groups in total. The lowest BCUT2D eigenvalue weighted by Gasteiger charge is -1.07. The van der Waals surface area contributed by atoms with Crippen molar-refractivity contribution in [3.8, 4) is 0 Å². The predicted octanol–water partition coefficient (Wildman–Crippen LogP) is 2.11. The molecule has 1 heteroatoms. The molecule has 0 amide bonds. The Balaban J connectivity index is -0.00000000900. The Kier molecular flexibility index (Phi) is 1670. The SMILES string of the molecule is C=O.CC.CC.[3HH]. The van der Waals surface area contributed by atoms with E-state index in [0.717, 1.165) is 0 Å². The summed E-state index contributed by atoms with van der Waals surface area (Å²) in [5.74, 6) is 0. The summed E-state index contributed by atoms with van der Waals surface area (Å²) in [6.45, 7) is 10.0. The van der Waals surface area contributed by atoms with E-state index < -0.39 is 0 Å². The Hall–Kier alpha value is -0.330. The van der Waals surface area contributed by atoms with Crippen LogP contribution in [-0.2, 0) is 4.79 Å². The van der Waals surface area contributed by atoms with Crippen molar-refractivity contribution in [3.05, 3.63) is 0 Å². The predicted molar refractivity (Wildman–Crippen MR) is 31.9 cm³/mol. The van der Waals surface area contributed by atoms with E-state index in [1.165, 1.54) is 0 Å². The monoisotopic (exact) mass is 94.1 g/mol. The summed E-state index contributed by atoms with van der Waals surface area (Å²) >= 11 is 0. The van der Waals surface area contributed by atoms with Gasteiger partial charge < -0.3 is 4.79 Å². The van der Waals surface area contributed by atoms with E-state index in [4.69, 9.17) is 4.79 Å². The molecule has 0 heterocycles. The highest BCUT2D eigenvalue weighted by Crippen LogP contribution is 1.15. The molecule has 0 aromatic carbocycles. The van der Waals surface area contributed by atoms with E-state index in [1.807, 2.05) is 34.5 Å². The van der Waals surface area contributed by atoms with Crippen molar-refractivity contribution in [1.29, 1.82) is 0 Å². The molecule has 0 fully saturated rings. The Bertz CT molecular complexity index is 8.04. The third-order valence-electron chi connectivity index (χ3n) is 0. The van der Waals surface area contributed by atoms with Crippen LogP contribution in [0.2, 0.25) is 0 Å². The minimum absolute atomic E-state index is 0. The quantitative estimate of drug-likeness (QED) is 0.449. The van der Waals surface area contributed by atoms with Gasteiger partial charge in [0.25, 0.3) is 0 Å². The second-order valence-electron chi connectivity index (χ2n) is 0. The molecule has 0 bridgehead atoms. The van der Waals surface area contributed by atoms with Crippen LogP contribution < -0.4 is 0 Å². The largest absolute Gasteiger partial charge is 0.307 e. The fourth-order valence-corrected chi connectivity index (χ4v) is 0. The van der Waals surface area contributed by atoms with Gasteiger partial charge in [0.15, 0.2) is 0 Å². The molecule has 0 unspecified atom stereocenters. The molecule has 0 aromatic rings. The molecular weight excluding hydrogens is 76.1 g/mol. The molecular formula is C5H16O. The van der Waals surface area contributed by atoms with Crippen LogP contribution in [0.15, 0.2) is 0 Å². The second-order valence-corrected chi connectivity index (χ2v) is 0. The summed E-state index contributed by atoms with van der Waals surface area (Å²) in [6.07, 6.45) is 0. The van der Waals surface area contributed by atoms with Gasteiger partial charge >= 0.3 is 0 Å². The summed E-state index contributed by atoms with van der Waals surface area (Å²) < 4.78 is 0. The zero-order valence-electron chi connectivity index (χ0n) is 5.12. The van der Waals surface area contributed by atoms with Gasteiger partial charge in [0.1, 0.15) is 6.79 Å². The molecule has 0 atom stereocenters. The smallest absolute Gasteiger partial charge is 0.106 e. The van der Waals surface area contributed by atoms with E-state index in [9.17, 15) is 0 Å². The molecule has 0 radical (unpaired) electrons. The summed E-state index contributed by atoms with van der Waals surface area (Å²) in [7, 11) is 0. The summed E-state index contributed by atoms with van der Waals surface area (Å²) in [4.78, 5) is 8.00. The standard InChI is InChI=1S/2C2H6.CH2O.H2/c3*1-2;/h2*1-2H3;1H2;1H/i;;;1+2. The van der Waals surface area contributed by atoms with Crippen LogP contribution in [0, 0.1) is 0 Å². The van der Waals surface area contributed by atoms with Crippen molar-refractivity contribution in [3.63, 3.8) is 0 Å². The van der Waals surface area contributed by atoms with Gasteiger partial charge in [-0.05, 0) is 0 Å². The molecule has 0 aliphatic rings. The molecule has 42 valence electrons. The van der Waals surface area contributed by atoms with E-state index in [2.05, 4.69) is 0 Å². The molecule has 0 aromatic heterocycles. The van der Waals surface area contributed by atoms with Crippen LogP contribution in [-0.4, -0.2) is 6.79 Å². The van der Waals surface area contributed by atoms with E-state index in [1.54, 1.807) is 0 Å². The Morgan fingerprint density at radius 2 is 1.00 bits per heavy atom. The first-order valence-electron chi connectivity index (χ1n) is 2.29. The number of carbonyl (C=O) groups is 1. The van der Waals surface area contributed by atoms with Gasteiger partial charge in [-0.2, -0.15) is 0 Å². The first kappa shape index (κ1) is 17.3. The Morgan fingerprint density at radius 3 is 1.00 bits per heavy atom. The summed E-state index contributed by atoms with van der Waals surface area (Å²) in [5.41, 5.74) is 0. The van der Waals surface area contributed by atoms with Gasteiger partial charge in [0.05, 0.1) is 0 Å². The van der Waals surface area contributed by atoms with Gasteiger partial charge in [-0.25, -0.2) is 0 Å². The Morgan fingerprint density at radius 1 is 1.00 bits per heavy atom. The molecule has 0 saturated heterocycles. The zero-order chi connectivity index (χ0) is 6.00. The van der Waals surface area contributed by atoms with Gasteiger partial charge in [0.2, 0.25) is 0 Å². The van der Waals surface area contributed by atoms with Crippen LogP contribution in [0.5, 0.6) is 0 Å². The highest BCUT2D eigenvalue weighted by atomic mass is 16.1. The third kappa shape index (κ3) is 240. The van der Waals surface area contributed by atoms with Gasteiger partial charge in [-0.1, -0.05) is 27.7 Å². The van der Waals surface area contributed by atoms with Crippen molar-refractivity contribution in [2.24, 2.45) is 0 Å². The minimum atomic E-state index is 0. The molecule has 1 nitrogen and oxygen atoms in total. The van der Waals surface area contributed by atoms with Gasteiger partial charge in [-0.3, -0.25) is 0 Å². The van der Waals surface area contributed by atoms with Crippen molar-refractivity contribution in [1.82, 2.24) is 0 Å². The third-order valence-corrected chi connectivity index (χ3v) is 0. The lowest BCUT2D eigenvalue weighted by atomic mass is 11.0. The molecule has 0 spiro atoms. The van der Waals surface area contributed by atoms with Crippen molar-refractivity contribution in [2.45, 2.75) is 27.7 Å². The number of hydrogen-bond acceptors (Lipinski definition) is 1. The van der Waals surface area contributed by atoms with Crippen LogP contribution in [0.1, 0.15) is 29.1 Å². The van der Waals surface area contributed by atoms with Crippen molar-refractivity contribution < 1.29 is 6.22 Å². The highest BCUT2D eigenvalue weighted by molar-refractivity contribution is 5.10. The topological polar surface area (TPSA) is 17.1 Å². The number of rotatable bonds is 0. The first-order chi connectivity index (χ1) is 3.00. The second kappa shape index (κ2) is 578. The van der Waals surface area contributed by atoms with Crippen LogP contribution in [0.3, 0.4) is 0 Å². The Labute approximate surface area is 41.9 Å². The number of carbonyl (C=O) groups excluding carboxylic acids is 1. The van der Waals surface area contributed by atoms with E-state index in [-0.39, 0.29) is 1.43 Å². The van der Waals surface area contributed by atoms with Crippen molar-refractivity contribution in [2.75, 3.05) is 0 Å². The average molecular weight is 94.2 g/mol. The summed E-state index contributed by atoms with van der Waals surface area (Å²) in [6, 6.07) is 0. The van der Waals surface area contributed by atoms with Crippen molar-refractivity contribution >= 4 is 6.79 Å². The fourth-order valence-electron chi connectivity index (χ4n) is 0. The van der Waals surface area contributed by atoms with Gasteiger partial charge in [-0.15, -0.1) is 0 Å². The van der Waals surface area contributed by atoms with E-state index in [0.29, 0.717) is 0 Å². The maximum atomic E-state index is 8.00. The zero-order valence-corrected chi connectivity index (χ0v) is 5.12. The molecule has 0 rings (SSSR count). The van der Waals surface area contributed by atoms with Crippen LogP contribution >= 0.6 is 0 Å². The lowest BCUT2D eigenvalue weighted by Crippen LogP contribution is -0.925. The number of hydrogen-bond donors (Lipinski definition) is 0. The van der Waals surface area contributed by atoms with Crippen LogP contribution in [0.25, 0.3) is 0 Å². The lowest BCUT2D eigenvalue weighted by molar-refractivity contribution is -0.0979. The fraction of sp³-hybridized carbons (Fsp3) is 0.800. The average Bonchev–Trinajstić information content (AvgIpc) is 1.81. The molecule has 6 heavy (non-hydrogen) atoms. The van der Waals surface area contributed by atoms with Gasteiger partial charge in [0, 0.05) is 1.43 Å². The summed E-state index contributed by atoms with van der Waals surface area (Å²) in [5, 5.41) is 0. The normalized spacial score (nSPS) is 2.67. The minimum Gasteiger partial charge on any atom is -0.307 e. The maximum Gasteiger partial charge on any atom is 0.106 e. The molecule has 0 aliphatic heterocycles. The maximum absolute atomic E-state index is 8.00. The highest BCUT2D eigenvalue weighted by Gasteiger charge is 0.934. The van der Waals surface area contributed by atoms with Crippen LogP contribution in [0.4, 0.5) is 0 Å². The van der Waals surface area contributed by atoms with E-state index >= 15 is 0 Å². The molecule has 0 saturated carbocycles. The first-order valence-corrected chi connectivity index (χ1v) is 2.29.